The van der Waals surface area contributed by atoms with E-state index in [0.717, 1.165) is 20.2 Å². The number of carbonyl (C=O) groups is 1. The van der Waals surface area contributed by atoms with Crippen LogP contribution in [0.5, 0.6) is 0 Å². The van der Waals surface area contributed by atoms with Crippen molar-refractivity contribution in [3.05, 3.63) is 63.0 Å². The molecule has 2 rings (SSSR count). The number of urea groups is 1. The lowest BCUT2D eigenvalue weighted by molar-refractivity contribution is 0.251. The van der Waals surface area contributed by atoms with E-state index in [0.29, 0.717) is 6.54 Å². The van der Waals surface area contributed by atoms with E-state index in [-0.39, 0.29) is 6.03 Å². The minimum Gasteiger partial charge on any atom is -0.334 e. The van der Waals surface area contributed by atoms with Crippen LogP contribution in [0.3, 0.4) is 0 Å². The molecule has 0 atom stereocenters. The molecule has 98 valence electrons. The second-order valence-corrected chi connectivity index (χ2v) is 5.69. The molecule has 0 spiro atoms. The normalized spacial score (nSPS) is 10.0. The molecule has 0 saturated heterocycles. The van der Waals surface area contributed by atoms with Gasteiger partial charge in [0.05, 0.1) is 5.69 Å². The Kier molecular flexibility index (Phi) is 4.99. The van der Waals surface area contributed by atoms with Gasteiger partial charge >= 0.3 is 6.03 Å². The molecule has 5 heteroatoms. The van der Waals surface area contributed by atoms with Crippen molar-refractivity contribution in [2.24, 2.45) is 0 Å². The Balaban J connectivity index is 1.91. The van der Waals surface area contributed by atoms with Crippen LogP contribution < -0.4 is 10.6 Å². The van der Waals surface area contributed by atoms with Gasteiger partial charge in [-0.15, -0.1) is 0 Å². The van der Waals surface area contributed by atoms with Gasteiger partial charge in [0, 0.05) is 15.5 Å². The van der Waals surface area contributed by atoms with Gasteiger partial charge in [-0.2, -0.15) is 0 Å². The summed E-state index contributed by atoms with van der Waals surface area (Å²) >= 11 is 6.76. The summed E-state index contributed by atoms with van der Waals surface area (Å²) in [6, 6.07) is 15.1. The summed E-state index contributed by atoms with van der Waals surface area (Å²) in [5.74, 6) is 0. The first-order valence-electron chi connectivity index (χ1n) is 5.69. The van der Waals surface area contributed by atoms with E-state index in [9.17, 15) is 4.79 Å². The average molecular weight is 384 g/mol. The third-order valence-corrected chi connectivity index (χ3v) is 3.62. The number of nitrogens with one attached hydrogen (secondary N) is 2. The van der Waals surface area contributed by atoms with Crippen LogP contribution in [-0.2, 0) is 6.54 Å². The Hall–Kier alpha value is -1.33. The topological polar surface area (TPSA) is 41.1 Å². The van der Waals surface area contributed by atoms with Crippen molar-refractivity contribution in [1.29, 1.82) is 0 Å². The predicted octanol–water partition coefficient (Wildman–Crippen LogP) is 4.53. The van der Waals surface area contributed by atoms with Gasteiger partial charge in [0.2, 0.25) is 0 Å². The number of anilines is 1. The lowest BCUT2D eigenvalue weighted by Gasteiger charge is -2.09. The molecule has 0 aliphatic heterocycles. The van der Waals surface area contributed by atoms with Gasteiger partial charge in [-0.05, 0) is 39.7 Å². The minimum atomic E-state index is -0.230. The van der Waals surface area contributed by atoms with Gasteiger partial charge in [0.15, 0.2) is 0 Å². The number of hydrogen-bond acceptors (Lipinski definition) is 1. The summed E-state index contributed by atoms with van der Waals surface area (Å²) in [4.78, 5) is 11.8. The van der Waals surface area contributed by atoms with Gasteiger partial charge in [-0.25, -0.2) is 4.79 Å². The third kappa shape index (κ3) is 4.36. The van der Waals surface area contributed by atoms with Crippen molar-refractivity contribution in [3.63, 3.8) is 0 Å². The standard InChI is InChI=1S/C14H12Br2N2O/c15-11-6-7-13(12(16)8-11)18-14(19)17-9-10-4-2-1-3-5-10/h1-8H,9H2,(H2,17,18,19). The molecule has 0 fully saturated rings. The van der Waals surface area contributed by atoms with Crippen LogP contribution >= 0.6 is 31.9 Å². The highest BCUT2D eigenvalue weighted by atomic mass is 79.9. The number of halogens is 2. The summed E-state index contributed by atoms with van der Waals surface area (Å²) in [6.07, 6.45) is 0. The molecular weight excluding hydrogens is 372 g/mol. The lowest BCUT2D eigenvalue weighted by Crippen LogP contribution is -2.28. The van der Waals surface area contributed by atoms with Crippen LogP contribution in [0.1, 0.15) is 5.56 Å². The Bertz CT molecular complexity index is 573. The highest BCUT2D eigenvalue weighted by Crippen LogP contribution is 2.25. The number of benzene rings is 2. The molecule has 0 radical (unpaired) electrons. The van der Waals surface area contributed by atoms with Crippen molar-refractivity contribution in [1.82, 2.24) is 5.32 Å². The van der Waals surface area contributed by atoms with Crippen LogP contribution in [-0.4, -0.2) is 6.03 Å². The number of hydrogen-bond donors (Lipinski definition) is 2. The Morgan fingerprint density at radius 3 is 2.47 bits per heavy atom. The monoisotopic (exact) mass is 382 g/mol. The van der Waals surface area contributed by atoms with Gasteiger partial charge in [-0.3, -0.25) is 0 Å². The van der Waals surface area contributed by atoms with Gasteiger partial charge in [0.25, 0.3) is 0 Å². The van der Waals surface area contributed by atoms with E-state index in [1.165, 1.54) is 0 Å². The molecule has 0 aliphatic rings. The maximum Gasteiger partial charge on any atom is 0.319 e. The van der Waals surface area contributed by atoms with Crippen LogP contribution in [0, 0.1) is 0 Å². The van der Waals surface area contributed by atoms with Crippen LogP contribution in [0.15, 0.2) is 57.5 Å². The van der Waals surface area contributed by atoms with Gasteiger partial charge < -0.3 is 10.6 Å². The largest absolute Gasteiger partial charge is 0.334 e. The zero-order valence-electron chi connectivity index (χ0n) is 9.99. The summed E-state index contributed by atoms with van der Waals surface area (Å²) < 4.78 is 1.78. The molecule has 0 saturated carbocycles. The highest BCUT2D eigenvalue weighted by Gasteiger charge is 2.05. The first-order valence-corrected chi connectivity index (χ1v) is 7.27. The molecule has 2 aromatic carbocycles. The molecule has 0 heterocycles. The number of rotatable bonds is 3. The fourth-order valence-corrected chi connectivity index (χ4v) is 2.68. The summed E-state index contributed by atoms with van der Waals surface area (Å²) in [6.45, 7) is 0.501. The minimum absolute atomic E-state index is 0.230. The van der Waals surface area contributed by atoms with E-state index in [1.807, 2.05) is 48.5 Å². The van der Waals surface area contributed by atoms with Crippen molar-refractivity contribution in [2.75, 3.05) is 5.32 Å². The Morgan fingerprint density at radius 1 is 1.05 bits per heavy atom. The fraction of sp³-hybridized carbons (Fsp3) is 0.0714. The molecule has 2 N–H and O–H groups in total. The van der Waals surface area contributed by atoms with E-state index >= 15 is 0 Å². The van der Waals surface area contributed by atoms with E-state index in [2.05, 4.69) is 42.5 Å². The molecule has 0 unspecified atom stereocenters. The maximum absolute atomic E-state index is 11.8. The van der Waals surface area contributed by atoms with Crippen molar-refractivity contribution in [2.45, 2.75) is 6.54 Å². The quantitative estimate of drug-likeness (QED) is 0.802. The predicted molar refractivity (Wildman–Crippen MR) is 84.1 cm³/mol. The maximum atomic E-state index is 11.8. The van der Waals surface area contributed by atoms with Crippen LogP contribution in [0.4, 0.5) is 10.5 Å². The molecule has 3 nitrogen and oxygen atoms in total. The molecule has 0 aromatic heterocycles. The molecule has 2 amide bonds. The van der Waals surface area contributed by atoms with E-state index in [1.54, 1.807) is 0 Å². The molecular formula is C14H12Br2N2O. The molecule has 2 aromatic rings. The smallest absolute Gasteiger partial charge is 0.319 e. The molecule has 19 heavy (non-hydrogen) atoms. The van der Waals surface area contributed by atoms with Crippen LogP contribution in [0.2, 0.25) is 0 Å². The lowest BCUT2D eigenvalue weighted by atomic mass is 10.2. The third-order valence-electron chi connectivity index (χ3n) is 2.48. The summed E-state index contributed by atoms with van der Waals surface area (Å²) in [5, 5.41) is 5.60. The van der Waals surface area contributed by atoms with Gasteiger partial charge in [0.1, 0.15) is 0 Å². The number of amides is 2. The summed E-state index contributed by atoms with van der Waals surface area (Å²) in [7, 11) is 0. The Labute approximate surface area is 128 Å². The van der Waals surface area contributed by atoms with Crippen molar-refractivity contribution in [3.8, 4) is 0 Å². The van der Waals surface area contributed by atoms with Gasteiger partial charge in [-0.1, -0.05) is 46.3 Å². The fourth-order valence-electron chi connectivity index (χ4n) is 1.54. The first-order chi connectivity index (χ1) is 9.15. The zero-order chi connectivity index (χ0) is 13.7. The summed E-state index contributed by atoms with van der Waals surface area (Å²) in [5.41, 5.74) is 1.79. The van der Waals surface area contributed by atoms with E-state index in [4.69, 9.17) is 0 Å². The van der Waals surface area contributed by atoms with E-state index < -0.39 is 0 Å². The molecule has 0 bridgehead atoms. The van der Waals surface area contributed by atoms with Crippen molar-refractivity contribution >= 4 is 43.6 Å². The Morgan fingerprint density at radius 2 is 1.79 bits per heavy atom. The molecule has 0 aliphatic carbocycles. The van der Waals surface area contributed by atoms with Crippen LogP contribution in [0.25, 0.3) is 0 Å². The highest BCUT2D eigenvalue weighted by molar-refractivity contribution is 9.11. The second kappa shape index (κ2) is 6.73. The zero-order valence-corrected chi connectivity index (χ0v) is 13.2. The average Bonchev–Trinajstić information content (AvgIpc) is 2.41. The first kappa shape index (κ1) is 14.1. The second-order valence-electron chi connectivity index (χ2n) is 3.92. The number of carbonyl (C=O) groups excluding carboxylic acids is 1. The van der Waals surface area contributed by atoms with Crippen molar-refractivity contribution < 1.29 is 4.79 Å². The SMILES string of the molecule is O=C(NCc1ccccc1)Nc1ccc(Br)cc1Br.